The summed E-state index contributed by atoms with van der Waals surface area (Å²) >= 11 is -0.0890. The van der Waals surface area contributed by atoms with E-state index in [-0.39, 0.29) is 57.2 Å². The summed E-state index contributed by atoms with van der Waals surface area (Å²) in [6.45, 7) is -4.94. The van der Waals surface area contributed by atoms with Crippen molar-refractivity contribution < 1.29 is 104 Å². The number of halogens is 8. The molecule has 3 fully saturated rings. The molecule has 0 spiro atoms. The lowest BCUT2D eigenvalue weighted by atomic mass is 9.91. The molecular weight excluding hydrogens is 856 g/mol. The van der Waals surface area contributed by atoms with Gasteiger partial charge >= 0.3 is 24.6 Å². The van der Waals surface area contributed by atoms with Crippen molar-refractivity contribution in [3.63, 3.8) is 0 Å². The Labute approximate surface area is 337 Å². The first-order valence-corrected chi connectivity index (χ1v) is 18.8. The Kier molecular flexibility index (Phi) is 13.8. The van der Waals surface area contributed by atoms with Crippen LogP contribution in [-0.2, 0) is 26.2 Å². The van der Waals surface area contributed by atoms with Crippen molar-refractivity contribution >= 4 is 11.3 Å². The summed E-state index contributed by atoms with van der Waals surface area (Å²) in [6.07, 6.45) is -27.4. The molecule has 3 aliphatic rings. The molecule has 8 N–H and O–H groups in total. The normalized spacial score (nSPS) is 29.7. The molecule has 25 heteroatoms. The predicted molar refractivity (Wildman–Crippen MR) is 182 cm³/mol. The summed E-state index contributed by atoms with van der Waals surface area (Å²) < 4.78 is 141. The van der Waals surface area contributed by atoms with Gasteiger partial charge in [0.05, 0.1) is 19.3 Å². The molecule has 334 valence electrons. The molecule has 0 amide bonds. The lowest BCUT2D eigenvalue weighted by molar-refractivity contribution is -0.376. The monoisotopic (exact) mass is 894 g/mol. The molecule has 11 atom stereocenters. The fraction of sp³-hybridized carbons (Fsp3) is 0.600. The zero-order valence-corrected chi connectivity index (χ0v) is 31.3. The molecule has 1 aromatic carbocycles. The summed E-state index contributed by atoms with van der Waals surface area (Å²) in [5, 5.41) is 80.0. The fourth-order valence-electron chi connectivity index (χ4n) is 6.40. The van der Waals surface area contributed by atoms with Crippen LogP contribution >= 0.6 is 11.3 Å². The van der Waals surface area contributed by atoms with Crippen molar-refractivity contribution in [2.24, 2.45) is 0 Å². The summed E-state index contributed by atoms with van der Waals surface area (Å²) in [4.78, 5) is 7.19. The van der Waals surface area contributed by atoms with Gasteiger partial charge in [0.15, 0.2) is 17.8 Å². The zero-order chi connectivity index (χ0) is 43.9. The van der Waals surface area contributed by atoms with Crippen LogP contribution in [0, 0.1) is 0 Å². The molecule has 2 saturated heterocycles. The van der Waals surface area contributed by atoms with E-state index in [1.54, 1.807) is 0 Å². The van der Waals surface area contributed by atoms with Crippen LogP contribution in [0.4, 0.5) is 35.1 Å². The van der Waals surface area contributed by atoms with E-state index in [0.717, 1.165) is 6.07 Å². The summed E-state index contributed by atoms with van der Waals surface area (Å²) in [6, 6.07) is 6.14. The second-order valence-corrected chi connectivity index (χ2v) is 15.1. The predicted octanol–water partition coefficient (Wildman–Crippen LogP) is 1.37. The molecule has 1 unspecified atom stereocenters. The summed E-state index contributed by atoms with van der Waals surface area (Å²) in [5.41, 5.74) is -4.93. The number of hydrogen-bond donors (Lipinski definition) is 8. The van der Waals surface area contributed by atoms with E-state index >= 15 is 0 Å². The molecule has 4 heterocycles. The Hall–Kier alpha value is -3.60. The number of aromatic nitrogens is 2. The maximum absolute atomic E-state index is 13.8. The Morgan fingerprint density at radius 1 is 0.750 bits per heavy atom. The van der Waals surface area contributed by atoms with Crippen LogP contribution in [0.25, 0.3) is 0 Å². The molecular formula is C35H38F8N2O14S. The molecule has 2 aliphatic heterocycles. The molecule has 1 aliphatic carbocycles. The molecule has 0 radical (unpaired) electrons. The smallest absolute Gasteiger partial charge is 0.433 e. The zero-order valence-electron chi connectivity index (χ0n) is 30.4. The van der Waals surface area contributed by atoms with E-state index in [1.165, 1.54) is 30.5 Å². The third kappa shape index (κ3) is 9.56. The van der Waals surface area contributed by atoms with Crippen molar-refractivity contribution in [3.8, 4) is 17.4 Å². The van der Waals surface area contributed by atoms with E-state index in [1.807, 2.05) is 0 Å². The summed E-state index contributed by atoms with van der Waals surface area (Å²) in [7, 11) is 0. The van der Waals surface area contributed by atoms with Gasteiger partial charge in [-0.05, 0) is 42.5 Å². The number of aliphatic hydroxyl groups is 8. The lowest BCUT2D eigenvalue weighted by Crippen LogP contribution is -2.65. The Bertz CT molecular complexity index is 1870. The quantitative estimate of drug-likeness (QED) is 0.101. The van der Waals surface area contributed by atoms with Gasteiger partial charge in [0.1, 0.15) is 53.8 Å². The standard InChI is InChI=1S/C35H38F8N2O14S/c36-32(37)57-17-5-2-14(8-18(17)54-15-3-4-15)16(21-10-45-31(60-21)33(53,34(38,39)40)35(41,42)43)7-13-1-6-22(44-9-13)58-29-27(52)25(50)28(20(12-47)56-29)59-30-26(51)24(49)23(48)19(11-46)55-30/h1-2,5-6,8-10,15-16,19-20,23-30,32,46-53H,3-4,7,11-12H2/t16?,19-,20-,23-,24+,25-,26-,27-,28-,29+,30+/m1/s1. The van der Waals surface area contributed by atoms with Gasteiger partial charge in [-0.3, -0.25) is 0 Å². The highest BCUT2D eigenvalue weighted by atomic mass is 32.1. The molecule has 1 saturated carbocycles. The minimum atomic E-state index is -6.23. The molecule has 6 rings (SSSR count). The van der Waals surface area contributed by atoms with Crippen LogP contribution in [0.2, 0.25) is 0 Å². The SMILES string of the molecule is OC[C@H]1O[C@@H](O[C@H]2[C@H](O)[C@@H](O)[C@H](Oc3ccc(CC(c4ccc(OC(F)F)c(OC5CC5)c4)c4cnc(C(O)(C(F)(F)F)C(F)(F)F)s4)cn3)O[C@@H]2CO)[C@H](O)[C@@H](O)[C@@H]1O. The van der Waals surface area contributed by atoms with Gasteiger partial charge in [0, 0.05) is 29.3 Å². The minimum absolute atomic E-state index is 0.0890. The van der Waals surface area contributed by atoms with Crippen molar-refractivity contribution in [2.75, 3.05) is 13.2 Å². The summed E-state index contributed by atoms with van der Waals surface area (Å²) in [5.74, 6) is -2.00. The van der Waals surface area contributed by atoms with E-state index in [2.05, 4.69) is 14.7 Å². The minimum Gasteiger partial charge on any atom is -0.487 e. The van der Waals surface area contributed by atoms with Crippen LogP contribution in [0.1, 0.15) is 39.8 Å². The van der Waals surface area contributed by atoms with Crippen LogP contribution in [-0.4, -0.2) is 151 Å². The Balaban J connectivity index is 1.23. The molecule has 60 heavy (non-hydrogen) atoms. The van der Waals surface area contributed by atoms with Crippen molar-refractivity contribution in [1.82, 2.24) is 9.97 Å². The number of hydrogen-bond acceptors (Lipinski definition) is 17. The number of ether oxygens (including phenoxy) is 6. The van der Waals surface area contributed by atoms with Gasteiger partial charge in [0.2, 0.25) is 12.2 Å². The number of pyridine rings is 1. The van der Waals surface area contributed by atoms with Crippen LogP contribution in [0.5, 0.6) is 17.4 Å². The van der Waals surface area contributed by atoms with Gasteiger partial charge in [-0.2, -0.15) is 35.1 Å². The first kappa shape index (κ1) is 45.9. The third-order valence-electron chi connectivity index (χ3n) is 9.84. The average Bonchev–Trinajstić information content (AvgIpc) is 3.88. The van der Waals surface area contributed by atoms with Gasteiger partial charge in [-0.15, -0.1) is 11.3 Å². The highest BCUT2D eigenvalue weighted by Crippen LogP contribution is 2.52. The lowest BCUT2D eigenvalue weighted by Gasteiger charge is -2.45. The molecule has 16 nitrogen and oxygen atoms in total. The first-order chi connectivity index (χ1) is 28.2. The van der Waals surface area contributed by atoms with Gasteiger partial charge < -0.3 is 69.3 Å². The second-order valence-electron chi connectivity index (χ2n) is 14.1. The van der Waals surface area contributed by atoms with Crippen molar-refractivity contribution in [2.45, 2.75) is 117 Å². The van der Waals surface area contributed by atoms with Crippen molar-refractivity contribution in [3.05, 3.63) is 63.7 Å². The Morgan fingerprint density at radius 3 is 1.98 bits per heavy atom. The highest BCUT2D eigenvalue weighted by molar-refractivity contribution is 7.11. The van der Waals surface area contributed by atoms with Gasteiger partial charge in [-0.1, -0.05) is 12.1 Å². The first-order valence-electron chi connectivity index (χ1n) is 17.9. The number of thiazole rings is 1. The van der Waals surface area contributed by atoms with E-state index in [0.29, 0.717) is 19.0 Å². The fourth-order valence-corrected chi connectivity index (χ4v) is 7.58. The van der Waals surface area contributed by atoms with Crippen LogP contribution in [0.15, 0.2) is 42.7 Å². The number of rotatable bonds is 15. The maximum Gasteiger partial charge on any atom is 0.433 e. The third-order valence-corrected chi connectivity index (χ3v) is 11.1. The van der Waals surface area contributed by atoms with Crippen LogP contribution < -0.4 is 14.2 Å². The van der Waals surface area contributed by atoms with Crippen LogP contribution in [0.3, 0.4) is 0 Å². The van der Waals surface area contributed by atoms with E-state index in [4.69, 9.17) is 23.7 Å². The molecule has 2 aromatic heterocycles. The largest absolute Gasteiger partial charge is 0.487 e. The number of aliphatic hydroxyl groups excluding tert-OH is 7. The second kappa shape index (κ2) is 18.0. The highest BCUT2D eigenvalue weighted by Gasteiger charge is 2.73. The molecule has 3 aromatic rings. The molecule has 0 bridgehead atoms. The van der Waals surface area contributed by atoms with Crippen molar-refractivity contribution in [1.29, 1.82) is 0 Å². The number of alkyl halides is 8. The van der Waals surface area contributed by atoms with Gasteiger partial charge in [-0.25, -0.2) is 9.97 Å². The maximum atomic E-state index is 13.8. The average molecular weight is 895 g/mol. The number of nitrogens with zero attached hydrogens (tertiary/aromatic N) is 2. The topological polar surface area (TPSA) is 243 Å². The number of benzene rings is 1. The van der Waals surface area contributed by atoms with Gasteiger partial charge in [0.25, 0.3) is 0 Å². The Morgan fingerprint density at radius 2 is 1.40 bits per heavy atom. The van der Waals surface area contributed by atoms with E-state index < -0.39 is 110 Å². The van der Waals surface area contributed by atoms with E-state index in [9.17, 15) is 76.0 Å².